The molecule has 2 N–H and O–H groups in total. The van der Waals surface area contributed by atoms with E-state index in [1.54, 1.807) is 12.0 Å². The number of hydrogen-bond donors (Lipinski definition) is 2. The van der Waals surface area contributed by atoms with Gasteiger partial charge in [-0.1, -0.05) is 18.2 Å². The van der Waals surface area contributed by atoms with E-state index in [9.17, 15) is 9.59 Å². The van der Waals surface area contributed by atoms with Crippen molar-refractivity contribution in [2.75, 3.05) is 20.3 Å². The highest BCUT2D eigenvalue weighted by molar-refractivity contribution is 5.91. The zero-order valence-electron chi connectivity index (χ0n) is 13.2. The summed E-state index contributed by atoms with van der Waals surface area (Å²) in [6.07, 6.45) is 2.90. The predicted octanol–water partition coefficient (Wildman–Crippen LogP) is 1.42. The van der Waals surface area contributed by atoms with Gasteiger partial charge in [-0.25, -0.2) is 0 Å². The molecule has 122 valence electrons. The third kappa shape index (κ3) is 3.22. The molecule has 6 nitrogen and oxygen atoms in total. The number of likely N-dealkylation sites (tertiary alicyclic amines) is 1. The molecule has 1 aliphatic heterocycles. The summed E-state index contributed by atoms with van der Waals surface area (Å²) in [4.78, 5) is 29.4. The summed E-state index contributed by atoms with van der Waals surface area (Å²) in [6.45, 7) is 1.38. The fourth-order valence-corrected chi connectivity index (χ4v) is 3.04. The highest BCUT2D eigenvalue weighted by Crippen LogP contribution is 2.25. The first-order valence-corrected chi connectivity index (χ1v) is 7.82. The van der Waals surface area contributed by atoms with Gasteiger partial charge in [0.05, 0.1) is 6.61 Å². The number of amides is 2. The molecule has 3 rings (SSSR count). The molecule has 6 heteroatoms. The molecule has 0 aliphatic carbocycles. The Hall–Kier alpha value is -2.34. The lowest BCUT2D eigenvalue weighted by Crippen LogP contribution is -2.45. The van der Waals surface area contributed by atoms with Crippen molar-refractivity contribution in [3.8, 4) is 0 Å². The van der Waals surface area contributed by atoms with Crippen molar-refractivity contribution in [1.82, 2.24) is 15.2 Å². The van der Waals surface area contributed by atoms with Crippen LogP contribution in [0, 0.1) is 0 Å². The molecule has 0 radical (unpaired) electrons. The van der Waals surface area contributed by atoms with Crippen molar-refractivity contribution in [1.29, 1.82) is 0 Å². The van der Waals surface area contributed by atoms with E-state index in [-0.39, 0.29) is 11.8 Å². The third-order valence-electron chi connectivity index (χ3n) is 4.25. The number of benzene rings is 1. The third-order valence-corrected chi connectivity index (χ3v) is 4.25. The average Bonchev–Trinajstić information content (AvgIpc) is 3.13. The Labute approximate surface area is 134 Å². The lowest BCUT2D eigenvalue weighted by Gasteiger charge is -2.24. The number of para-hydroxylation sites is 1. The lowest BCUT2D eigenvalue weighted by molar-refractivity contribution is -0.135. The van der Waals surface area contributed by atoms with E-state index < -0.39 is 6.04 Å². The Bertz CT molecular complexity index is 710. The smallest absolute Gasteiger partial charge is 0.242 e. The van der Waals surface area contributed by atoms with Crippen LogP contribution in [0.15, 0.2) is 30.5 Å². The van der Waals surface area contributed by atoms with Crippen LogP contribution in [0.5, 0.6) is 0 Å². The minimum atomic E-state index is -0.395. The molecule has 0 unspecified atom stereocenters. The van der Waals surface area contributed by atoms with E-state index in [1.165, 1.54) is 0 Å². The van der Waals surface area contributed by atoms with E-state index in [1.807, 2.05) is 30.5 Å². The molecule has 1 atom stereocenters. The number of nitrogens with one attached hydrogen (secondary N) is 2. The van der Waals surface area contributed by atoms with Gasteiger partial charge in [-0.15, -0.1) is 0 Å². The number of carbonyl (C=O) groups is 2. The standard InChI is InChI=1S/C17H21N3O3/c1-23-9-8-18-17(22)15-6-7-16(21)20(15)11-12-10-19-14-5-3-2-4-13(12)14/h2-5,10,15,19H,6-9,11H2,1H3,(H,18,22)/t15-/m0/s1. The minimum absolute atomic E-state index is 0.0298. The maximum Gasteiger partial charge on any atom is 0.242 e. The maximum atomic E-state index is 12.3. The number of fused-ring (bicyclic) bond motifs is 1. The number of ether oxygens (including phenoxy) is 1. The molecule has 23 heavy (non-hydrogen) atoms. The van der Waals surface area contributed by atoms with Crippen molar-refractivity contribution < 1.29 is 14.3 Å². The maximum absolute atomic E-state index is 12.3. The van der Waals surface area contributed by atoms with Crippen LogP contribution in [0.25, 0.3) is 10.9 Å². The van der Waals surface area contributed by atoms with Gasteiger partial charge in [0.15, 0.2) is 0 Å². The fourth-order valence-electron chi connectivity index (χ4n) is 3.04. The van der Waals surface area contributed by atoms with E-state index in [4.69, 9.17) is 4.74 Å². The number of carbonyl (C=O) groups excluding carboxylic acids is 2. The molecule has 1 aromatic carbocycles. The molecule has 0 saturated carbocycles. The summed E-state index contributed by atoms with van der Waals surface area (Å²) >= 11 is 0. The van der Waals surface area contributed by atoms with Gasteiger partial charge in [0.2, 0.25) is 11.8 Å². The summed E-state index contributed by atoms with van der Waals surface area (Å²) in [5, 5.41) is 3.92. The van der Waals surface area contributed by atoms with Gasteiger partial charge in [-0.3, -0.25) is 9.59 Å². The van der Waals surface area contributed by atoms with Gasteiger partial charge in [0.1, 0.15) is 6.04 Å². The number of rotatable bonds is 6. The number of H-pyrrole nitrogens is 1. The predicted molar refractivity (Wildman–Crippen MR) is 86.8 cm³/mol. The van der Waals surface area contributed by atoms with Crippen LogP contribution >= 0.6 is 0 Å². The summed E-state index contributed by atoms with van der Waals surface area (Å²) in [6, 6.07) is 7.57. The summed E-state index contributed by atoms with van der Waals surface area (Å²) < 4.78 is 4.94. The van der Waals surface area contributed by atoms with Crippen LogP contribution in [-0.2, 0) is 20.9 Å². The van der Waals surface area contributed by atoms with Crippen LogP contribution in [0.1, 0.15) is 18.4 Å². The van der Waals surface area contributed by atoms with Gasteiger partial charge in [-0.2, -0.15) is 0 Å². The molecule has 2 aromatic rings. The zero-order chi connectivity index (χ0) is 16.2. The molecule has 1 aliphatic rings. The highest BCUT2D eigenvalue weighted by Gasteiger charge is 2.36. The minimum Gasteiger partial charge on any atom is -0.383 e. The Morgan fingerprint density at radius 3 is 3.09 bits per heavy atom. The van der Waals surface area contributed by atoms with Crippen LogP contribution < -0.4 is 5.32 Å². The van der Waals surface area contributed by atoms with E-state index in [0.29, 0.717) is 32.5 Å². The quantitative estimate of drug-likeness (QED) is 0.792. The Morgan fingerprint density at radius 1 is 1.43 bits per heavy atom. The first-order valence-electron chi connectivity index (χ1n) is 7.82. The van der Waals surface area contributed by atoms with E-state index >= 15 is 0 Å². The van der Waals surface area contributed by atoms with Crippen molar-refractivity contribution >= 4 is 22.7 Å². The molecule has 0 bridgehead atoms. The SMILES string of the molecule is COCCNC(=O)[C@@H]1CCC(=O)N1Cc1c[nH]c2ccccc12. The van der Waals surface area contributed by atoms with Crippen molar-refractivity contribution in [2.45, 2.75) is 25.4 Å². The summed E-state index contributed by atoms with van der Waals surface area (Å²) in [5.41, 5.74) is 2.07. The number of aromatic amines is 1. The number of methoxy groups -OCH3 is 1. The number of aromatic nitrogens is 1. The van der Waals surface area contributed by atoms with Gasteiger partial charge in [0.25, 0.3) is 0 Å². The van der Waals surface area contributed by atoms with E-state index in [2.05, 4.69) is 10.3 Å². The summed E-state index contributed by atoms with van der Waals surface area (Å²) in [7, 11) is 1.59. The van der Waals surface area contributed by atoms with Crippen LogP contribution in [-0.4, -0.2) is 48.0 Å². The molecular formula is C17H21N3O3. The normalized spacial score (nSPS) is 17.9. The molecule has 1 fully saturated rings. The van der Waals surface area contributed by atoms with Crippen molar-refractivity contribution in [3.05, 3.63) is 36.0 Å². The highest BCUT2D eigenvalue weighted by atomic mass is 16.5. The topological polar surface area (TPSA) is 74.4 Å². The van der Waals surface area contributed by atoms with Crippen molar-refractivity contribution in [2.24, 2.45) is 0 Å². The van der Waals surface area contributed by atoms with E-state index in [0.717, 1.165) is 16.5 Å². The Morgan fingerprint density at radius 2 is 2.26 bits per heavy atom. The second-order valence-corrected chi connectivity index (χ2v) is 5.72. The van der Waals surface area contributed by atoms with Gasteiger partial charge < -0.3 is 19.9 Å². The van der Waals surface area contributed by atoms with Gasteiger partial charge >= 0.3 is 0 Å². The van der Waals surface area contributed by atoms with Crippen LogP contribution in [0.4, 0.5) is 0 Å². The zero-order valence-corrected chi connectivity index (χ0v) is 13.2. The first kappa shape index (κ1) is 15.6. The van der Waals surface area contributed by atoms with Crippen LogP contribution in [0.2, 0.25) is 0 Å². The lowest BCUT2D eigenvalue weighted by atomic mass is 10.1. The number of hydrogen-bond acceptors (Lipinski definition) is 3. The fraction of sp³-hybridized carbons (Fsp3) is 0.412. The molecular weight excluding hydrogens is 294 g/mol. The Balaban J connectivity index is 1.74. The van der Waals surface area contributed by atoms with Gasteiger partial charge in [-0.05, 0) is 18.1 Å². The van der Waals surface area contributed by atoms with Crippen LogP contribution in [0.3, 0.4) is 0 Å². The molecule has 1 saturated heterocycles. The molecule has 2 amide bonds. The van der Waals surface area contributed by atoms with Gasteiger partial charge in [0, 0.05) is 43.7 Å². The second kappa shape index (κ2) is 6.83. The first-order chi connectivity index (χ1) is 11.2. The average molecular weight is 315 g/mol. The van der Waals surface area contributed by atoms with Crippen molar-refractivity contribution in [3.63, 3.8) is 0 Å². The monoisotopic (exact) mass is 315 g/mol. The Kier molecular flexibility index (Phi) is 4.62. The molecule has 1 aromatic heterocycles. The number of nitrogens with zero attached hydrogens (tertiary/aromatic N) is 1. The summed E-state index contributed by atoms with van der Waals surface area (Å²) in [5.74, 6) is -0.0742. The largest absolute Gasteiger partial charge is 0.383 e. The second-order valence-electron chi connectivity index (χ2n) is 5.72. The molecule has 2 heterocycles. The molecule has 0 spiro atoms.